The summed E-state index contributed by atoms with van der Waals surface area (Å²) in [6.07, 6.45) is 7.21. The molecule has 1 aromatic heterocycles. The standard InChI is InChI=1S/C17H18N2/c1-2-4-15(5-3-1)14-19-12-8-17(9-13-19)16-6-10-18-11-7-16/h1-8,10-11H,9,12-14H2. The Labute approximate surface area is 114 Å². The minimum Gasteiger partial charge on any atom is -0.295 e. The van der Waals surface area contributed by atoms with Crippen molar-refractivity contribution in [3.8, 4) is 0 Å². The van der Waals surface area contributed by atoms with Gasteiger partial charge in [-0.2, -0.15) is 0 Å². The molecule has 19 heavy (non-hydrogen) atoms. The van der Waals surface area contributed by atoms with Crippen molar-refractivity contribution in [1.82, 2.24) is 9.88 Å². The molecule has 0 saturated carbocycles. The largest absolute Gasteiger partial charge is 0.295 e. The van der Waals surface area contributed by atoms with Gasteiger partial charge in [0, 0.05) is 32.0 Å². The van der Waals surface area contributed by atoms with Crippen molar-refractivity contribution in [3.05, 3.63) is 72.1 Å². The quantitative estimate of drug-likeness (QED) is 0.830. The Balaban J connectivity index is 1.64. The van der Waals surface area contributed by atoms with Crippen molar-refractivity contribution in [2.45, 2.75) is 13.0 Å². The molecule has 0 unspecified atom stereocenters. The van der Waals surface area contributed by atoms with Crippen LogP contribution in [0.25, 0.3) is 5.57 Å². The first-order chi connectivity index (χ1) is 9.42. The third-order valence-corrected chi connectivity index (χ3v) is 3.59. The summed E-state index contributed by atoms with van der Waals surface area (Å²) in [5.41, 5.74) is 4.16. The Morgan fingerprint density at radius 3 is 2.47 bits per heavy atom. The third-order valence-electron chi connectivity index (χ3n) is 3.59. The van der Waals surface area contributed by atoms with Crippen molar-refractivity contribution in [2.24, 2.45) is 0 Å². The van der Waals surface area contributed by atoms with E-state index in [0.717, 1.165) is 26.1 Å². The molecule has 1 aliphatic heterocycles. The lowest BCUT2D eigenvalue weighted by Crippen LogP contribution is -2.27. The summed E-state index contributed by atoms with van der Waals surface area (Å²) in [5.74, 6) is 0. The van der Waals surface area contributed by atoms with Crippen molar-refractivity contribution in [1.29, 1.82) is 0 Å². The van der Waals surface area contributed by atoms with E-state index >= 15 is 0 Å². The minimum absolute atomic E-state index is 1.03. The van der Waals surface area contributed by atoms with Gasteiger partial charge in [-0.15, -0.1) is 0 Å². The predicted octanol–water partition coefficient (Wildman–Crippen LogP) is 3.37. The number of rotatable bonds is 3. The summed E-state index contributed by atoms with van der Waals surface area (Å²) in [5, 5.41) is 0. The zero-order valence-corrected chi connectivity index (χ0v) is 11.0. The Kier molecular flexibility index (Phi) is 3.70. The van der Waals surface area contributed by atoms with Crippen molar-refractivity contribution < 1.29 is 0 Å². The van der Waals surface area contributed by atoms with Crippen LogP contribution < -0.4 is 0 Å². The third kappa shape index (κ3) is 3.09. The van der Waals surface area contributed by atoms with Crippen LogP contribution in [0.2, 0.25) is 0 Å². The number of hydrogen-bond donors (Lipinski definition) is 0. The van der Waals surface area contributed by atoms with E-state index in [0.29, 0.717) is 0 Å². The molecule has 0 radical (unpaired) electrons. The molecule has 0 saturated heterocycles. The highest BCUT2D eigenvalue weighted by molar-refractivity contribution is 5.66. The monoisotopic (exact) mass is 250 g/mol. The topological polar surface area (TPSA) is 16.1 Å². The second-order valence-corrected chi connectivity index (χ2v) is 4.94. The van der Waals surface area contributed by atoms with E-state index in [1.165, 1.54) is 16.7 Å². The zero-order valence-electron chi connectivity index (χ0n) is 11.0. The van der Waals surface area contributed by atoms with E-state index in [1.54, 1.807) is 0 Å². The smallest absolute Gasteiger partial charge is 0.0273 e. The predicted molar refractivity (Wildman–Crippen MR) is 78.6 cm³/mol. The van der Waals surface area contributed by atoms with Crippen LogP contribution in [0.1, 0.15) is 17.5 Å². The summed E-state index contributed by atoms with van der Waals surface area (Å²) in [7, 11) is 0. The Morgan fingerprint density at radius 2 is 1.79 bits per heavy atom. The SMILES string of the molecule is C1=C(c2ccncc2)CCN(Cc2ccccc2)C1. The van der Waals surface area contributed by atoms with Crippen molar-refractivity contribution in [2.75, 3.05) is 13.1 Å². The molecule has 0 N–H and O–H groups in total. The summed E-state index contributed by atoms with van der Waals surface area (Å²) >= 11 is 0. The lowest BCUT2D eigenvalue weighted by Gasteiger charge is -2.26. The van der Waals surface area contributed by atoms with Gasteiger partial charge in [0.25, 0.3) is 0 Å². The number of aromatic nitrogens is 1. The average Bonchev–Trinajstić information content (AvgIpc) is 2.50. The molecule has 0 atom stereocenters. The van der Waals surface area contributed by atoms with E-state index in [-0.39, 0.29) is 0 Å². The maximum absolute atomic E-state index is 4.07. The molecule has 96 valence electrons. The highest BCUT2D eigenvalue weighted by Crippen LogP contribution is 2.22. The molecule has 0 fully saturated rings. The number of nitrogens with zero attached hydrogens (tertiary/aromatic N) is 2. The van der Waals surface area contributed by atoms with Crippen LogP contribution in [0.15, 0.2) is 60.9 Å². The fourth-order valence-electron chi connectivity index (χ4n) is 2.52. The van der Waals surface area contributed by atoms with Gasteiger partial charge in [0.15, 0.2) is 0 Å². The fourth-order valence-corrected chi connectivity index (χ4v) is 2.52. The molecule has 2 aromatic rings. The average molecular weight is 250 g/mol. The molecule has 2 nitrogen and oxygen atoms in total. The normalized spacial score (nSPS) is 16.1. The number of benzene rings is 1. The second-order valence-electron chi connectivity index (χ2n) is 4.94. The van der Waals surface area contributed by atoms with E-state index in [9.17, 15) is 0 Å². The summed E-state index contributed by atoms with van der Waals surface area (Å²) < 4.78 is 0. The molecular weight excluding hydrogens is 232 g/mol. The van der Waals surface area contributed by atoms with Gasteiger partial charge in [-0.3, -0.25) is 9.88 Å². The lowest BCUT2D eigenvalue weighted by molar-refractivity contribution is 0.294. The molecular formula is C17H18N2. The molecule has 1 aromatic carbocycles. The van der Waals surface area contributed by atoms with Gasteiger partial charge in [-0.05, 0) is 35.3 Å². The summed E-state index contributed by atoms with van der Waals surface area (Å²) in [6, 6.07) is 14.9. The van der Waals surface area contributed by atoms with E-state index in [1.807, 2.05) is 12.4 Å². The van der Waals surface area contributed by atoms with Gasteiger partial charge in [0.2, 0.25) is 0 Å². The van der Waals surface area contributed by atoms with Crippen LogP contribution >= 0.6 is 0 Å². The van der Waals surface area contributed by atoms with E-state index in [2.05, 4.69) is 58.4 Å². The maximum Gasteiger partial charge on any atom is 0.0273 e. The molecule has 2 heteroatoms. The van der Waals surface area contributed by atoms with Gasteiger partial charge in [0.05, 0.1) is 0 Å². The van der Waals surface area contributed by atoms with Crippen LogP contribution in [0.5, 0.6) is 0 Å². The molecule has 0 bridgehead atoms. The highest BCUT2D eigenvalue weighted by atomic mass is 15.1. The lowest BCUT2D eigenvalue weighted by atomic mass is 10.0. The van der Waals surface area contributed by atoms with Crippen LogP contribution in [-0.4, -0.2) is 23.0 Å². The molecule has 1 aliphatic rings. The summed E-state index contributed by atoms with van der Waals surface area (Å²) in [6.45, 7) is 3.20. The molecule has 2 heterocycles. The highest BCUT2D eigenvalue weighted by Gasteiger charge is 2.12. The van der Waals surface area contributed by atoms with Crippen LogP contribution in [0.4, 0.5) is 0 Å². The molecule has 3 rings (SSSR count). The molecule has 0 aliphatic carbocycles. The van der Waals surface area contributed by atoms with Crippen LogP contribution in [0, 0.1) is 0 Å². The van der Waals surface area contributed by atoms with Crippen LogP contribution in [-0.2, 0) is 6.54 Å². The maximum atomic E-state index is 4.07. The first kappa shape index (κ1) is 12.1. The van der Waals surface area contributed by atoms with Gasteiger partial charge >= 0.3 is 0 Å². The van der Waals surface area contributed by atoms with Gasteiger partial charge in [-0.1, -0.05) is 36.4 Å². The number of pyridine rings is 1. The van der Waals surface area contributed by atoms with Gasteiger partial charge in [-0.25, -0.2) is 0 Å². The first-order valence-corrected chi connectivity index (χ1v) is 6.77. The Hall–Kier alpha value is -1.93. The minimum atomic E-state index is 1.03. The second kappa shape index (κ2) is 5.81. The van der Waals surface area contributed by atoms with Crippen molar-refractivity contribution >= 4 is 5.57 Å². The van der Waals surface area contributed by atoms with Gasteiger partial charge < -0.3 is 0 Å². The Bertz CT molecular complexity index is 546. The first-order valence-electron chi connectivity index (χ1n) is 6.77. The fraction of sp³-hybridized carbons (Fsp3) is 0.235. The molecule has 0 amide bonds. The van der Waals surface area contributed by atoms with E-state index in [4.69, 9.17) is 0 Å². The van der Waals surface area contributed by atoms with Gasteiger partial charge in [0.1, 0.15) is 0 Å². The van der Waals surface area contributed by atoms with E-state index < -0.39 is 0 Å². The summed E-state index contributed by atoms with van der Waals surface area (Å²) in [4.78, 5) is 6.56. The zero-order chi connectivity index (χ0) is 12.9. The molecule has 0 spiro atoms. The van der Waals surface area contributed by atoms with Crippen LogP contribution in [0.3, 0.4) is 0 Å². The Morgan fingerprint density at radius 1 is 1.00 bits per heavy atom. The number of hydrogen-bond acceptors (Lipinski definition) is 2. The van der Waals surface area contributed by atoms with Crippen molar-refractivity contribution in [3.63, 3.8) is 0 Å².